The molecule has 0 aliphatic rings. The smallest absolute Gasteiger partial charge is 0.320 e. The van der Waals surface area contributed by atoms with Crippen molar-refractivity contribution in [2.45, 2.75) is 66.0 Å². The van der Waals surface area contributed by atoms with E-state index in [0.717, 1.165) is 61.8 Å². The van der Waals surface area contributed by atoms with Gasteiger partial charge in [-0.25, -0.2) is 4.79 Å². The van der Waals surface area contributed by atoms with Gasteiger partial charge < -0.3 is 9.05 Å². The average Bonchev–Trinajstić information content (AvgIpc) is 2.78. The van der Waals surface area contributed by atoms with E-state index in [-0.39, 0.29) is 21.9 Å². The third-order valence-electron chi connectivity index (χ3n) is 6.70. The highest BCUT2D eigenvalue weighted by atomic mass is 16.6. The Labute approximate surface area is 189 Å². The van der Waals surface area contributed by atoms with Gasteiger partial charge in [-0.05, 0) is 46.1 Å². The molecule has 0 radical (unpaired) electrons. The maximum Gasteiger partial charge on any atom is 0.330 e. The van der Waals surface area contributed by atoms with E-state index in [1.807, 2.05) is 12.1 Å². The number of rotatable bonds is 13. The highest BCUT2D eigenvalue weighted by Crippen LogP contribution is 2.24. The van der Waals surface area contributed by atoms with Crippen LogP contribution in [0.1, 0.15) is 57.2 Å². The molecule has 2 aromatic rings. The van der Waals surface area contributed by atoms with Crippen LogP contribution in [-0.4, -0.2) is 38.2 Å². The molecule has 8 nitrogen and oxygen atoms in total. The summed E-state index contributed by atoms with van der Waals surface area (Å²) in [5.41, 5.74) is 1.19. The second-order valence-electron chi connectivity index (χ2n) is 8.63. The molecule has 0 fully saturated rings. The van der Waals surface area contributed by atoms with Crippen molar-refractivity contribution in [1.82, 2.24) is 9.13 Å². The van der Waals surface area contributed by atoms with Crippen LogP contribution in [0.4, 0.5) is 5.69 Å². The number of hydrogen-bond donors (Lipinski definition) is 0. The Morgan fingerprint density at radius 3 is 2.28 bits per heavy atom. The minimum Gasteiger partial charge on any atom is -0.320 e. The minimum atomic E-state index is -0.290. The number of nitro benzene ring substituents is 1. The number of quaternary nitrogens is 1. The molecule has 176 valence electrons. The van der Waals surface area contributed by atoms with E-state index in [9.17, 15) is 19.7 Å². The van der Waals surface area contributed by atoms with E-state index < -0.39 is 0 Å². The third kappa shape index (κ3) is 6.38. The summed E-state index contributed by atoms with van der Waals surface area (Å²) >= 11 is 0. The summed E-state index contributed by atoms with van der Waals surface area (Å²) in [4.78, 5) is 35.4. The summed E-state index contributed by atoms with van der Waals surface area (Å²) in [6.07, 6.45) is 4.92. The molecule has 1 aromatic carbocycles. The van der Waals surface area contributed by atoms with E-state index in [0.29, 0.717) is 18.8 Å². The fraction of sp³-hybridized carbons (Fsp3) is 0.583. The molecule has 2 rings (SSSR count). The summed E-state index contributed by atoms with van der Waals surface area (Å²) < 4.78 is 3.65. The number of benzene rings is 1. The highest BCUT2D eigenvalue weighted by molar-refractivity contribution is 5.39. The van der Waals surface area contributed by atoms with E-state index >= 15 is 0 Å². The Balaban J connectivity index is 1.84. The summed E-state index contributed by atoms with van der Waals surface area (Å²) in [7, 11) is 1.68. The van der Waals surface area contributed by atoms with Gasteiger partial charge in [-0.1, -0.05) is 25.0 Å². The number of para-hydroxylation sites is 1. The maximum absolute atomic E-state index is 12.3. The maximum atomic E-state index is 12.3. The summed E-state index contributed by atoms with van der Waals surface area (Å²) in [5, 5.41) is 11.4. The van der Waals surface area contributed by atoms with Crippen LogP contribution >= 0.6 is 0 Å². The molecule has 32 heavy (non-hydrogen) atoms. The van der Waals surface area contributed by atoms with E-state index in [2.05, 4.69) is 13.8 Å². The van der Waals surface area contributed by atoms with Crippen molar-refractivity contribution in [3.05, 3.63) is 72.5 Å². The lowest BCUT2D eigenvalue weighted by Crippen LogP contribution is -2.47. The second kappa shape index (κ2) is 11.8. The number of nitro groups is 1. The van der Waals surface area contributed by atoms with Crippen molar-refractivity contribution in [3.8, 4) is 0 Å². The largest absolute Gasteiger partial charge is 0.330 e. The van der Waals surface area contributed by atoms with Crippen molar-refractivity contribution in [3.63, 3.8) is 0 Å². The Hall–Kier alpha value is -2.74. The van der Waals surface area contributed by atoms with Gasteiger partial charge in [0.1, 0.15) is 6.54 Å². The first kappa shape index (κ1) is 25.5. The molecule has 0 unspecified atom stereocenters. The Morgan fingerprint density at radius 2 is 1.62 bits per heavy atom. The number of unbranched alkanes of at least 4 members (excludes halogenated alkanes) is 4. The molecule has 0 N–H and O–H groups in total. The average molecular weight is 446 g/mol. The molecule has 0 aliphatic heterocycles. The Morgan fingerprint density at radius 1 is 1.00 bits per heavy atom. The van der Waals surface area contributed by atoms with Gasteiger partial charge in [-0.2, -0.15) is 0 Å². The zero-order chi connectivity index (χ0) is 23.7. The van der Waals surface area contributed by atoms with Crippen molar-refractivity contribution in [1.29, 1.82) is 0 Å². The topological polar surface area (TPSA) is 87.1 Å². The fourth-order valence-electron chi connectivity index (χ4n) is 4.26. The molecule has 1 heterocycles. The number of aromatic nitrogens is 2. The van der Waals surface area contributed by atoms with Crippen molar-refractivity contribution < 1.29 is 9.41 Å². The van der Waals surface area contributed by atoms with Gasteiger partial charge in [0.15, 0.2) is 0 Å². The molecule has 0 bridgehead atoms. The molecule has 1 aromatic heterocycles. The van der Waals surface area contributed by atoms with Gasteiger partial charge in [0.05, 0.1) is 30.1 Å². The summed E-state index contributed by atoms with van der Waals surface area (Å²) in [5.74, 6) is 0. The van der Waals surface area contributed by atoms with Crippen LogP contribution in [-0.2, 0) is 20.1 Å². The monoisotopic (exact) mass is 445 g/mol. The third-order valence-corrected chi connectivity index (χ3v) is 6.70. The SMILES string of the molecule is CC[N+](CC)(CCCCCCCn1c(=O)cc(C)n(C)c1=O)Cc1ccccc1[N+](=O)[O-]. The number of nitrogens with zero attached hydrogens (tertiary/aromatic N) is 4. The fourth-order valence-corrected chi connectivity index (χ4v) is 4.26. The molecule has 0 aliphatic carbocycles. The number of hydrogen-bond acceptors (Lipinski definition) is 4. The van der Waals surface area contributed by atoms with Crippen LogP contribution in [0.2, 0.25) is 0 Å². The summed E-state index contributed by atoms with van der Waals surface area (Å²) in [6.45, 7) is 10.0. The molecule has 0 spiro atoms. The van der Waals surface area contributed by atoms with E-state index in [1.54, 1.807) is 26.1 Å². The lowest BCUT2D eigenvalue weighted by molar-refractivity contribution is -0.938. The first-order chi connectivity index (χ1) is 15.2. The predicted octanol–water partition coefficient (Wildman–Crippen LogP) is 3.77. The normalized spacial score (nSPS) is 11.6. The van der Waals surface area contributed by atoms with Crippen LogP contribution in [0.5, 0.6) is 0 Å². The standard InChI is InChI=1S/C24H37N4O4/c1-5-28(6-2,19-21-14-10-11-15-22(21)27(31)32)17-13-9-7-8-12-16-26-23(29)18-20(3)25(4)24(26)30/h10-11,14-15,18H,5-9,12-13,16-17,19H2,1-4H3/q+1. The highest BCUT2D eigenvalue weighted by Gasteiger charge is 2.27. The van der Waals surface area contributed by atoms with Gasteiger partial charge in [0.25, 0.3) is 11.2 Å². The van der Waals surface area contributed by atoms with Gasteiger partial charge in [0.2, 0.25) is 0 Å². The zero-order valence-electron chi connectivity index (χ0n) is 19.9. The van der Waals surface area contributed by atoms with Gasteiger partial charge in [-0.15, -0.1) is 0 Å². The first-order valence-electron chi connectivity index (χ1n) is 11.6. The molecular weight excluding hydrogens is 408 g/mol. The van der Waals surface area contributed by atoms with Crippen molar-refractivity contribution in [2.75, 3.05) is 19.6 Å². The van der Waals surface area contributed by atoms with Gasteiger partial charge >= 0.3 is 5.69 Å². The van der Waals surface area contributed by atoms with Crippen LogP contribution in [0, 0.1) is 17.0 Å². The predicted molar refractivity (Wildman–Crippen MR) is 127 cm³/mol. The number of aryl methyl sites for hydroxylation is 1. The lowest BCUT2D eigenvalue weighted by Gasteiger charge is -2.37. The van der Waals surface area contributed by atoms with E-state index in [1.165, 1.54) is 15.2 Å². The first-order valence-corrected chi connectivity index (χ1v) is 11.6. The van der Waals surface area contributed by atoms with Gasteiger partial charge in [-0.3, -0.25) is 19.5 Å². The summed E-state index contributed by atoms with van der Waals surface area (Å²) in [6, 6.07) is 8.55. The lowest BCUT2D eigenvalue weighted by atomic mass is 10.1. The zero-order valence-corrected chi connectivity index (χ0v) is 19.9. The Bertz CT molecular complexity index is 1020. The van der Waals surface area contributed by atoms with Crippen LogP contribution in [0.15, 0.2) is 39.9 Å². The molecule has 0 saturated heterocycles. The van der Waals surface area contributed by atoms with Crippen LogP contribution in [0.3, 0.4) is 0 Å². The van der Waals surface area contributed by atoms with Crippen LogP contribution in [0.25, 0.3) is 0 Å². The van der Waals surface area contributed by atoms with Crippen LogP contribution < -0.4 is 11.2 Å². The molecule has 0 saturated carbocycles. The van der Waals surface area contributed by atoms with Gasteiger partial charge in [0, 0.05) is 31.4 Å². The quantitative estimate of drug-likeness (QED) is 0.203. The molecular formula is C24H37N4O4+. The molecule has 0 amide bonds. The molecule has 8 heteroatoms. The second-order valence-corrected chi connectivity index (χ2v) is 8.63. The van der Waals surface area contributed by atoms with Crippen molar-refractivity contribution in [2.24, 2.45) is 7.05 Å². The van der Waals surface area contributed by atoms with E-state index in [4.69, 9.17) is 0 Å². The minimum absolute atomic E-state index is 0.203. The van der Waals surface area contributed by atoms with Crippen molar-refractivity contribution >= 4 is 5.69 Å². The Kier molecular flexibility index (Phi) is 9.38. The molecule has 0 atom stereocenters.